The second kappa shape index (κ2) is 6.73. The van der Waals surface area contributed by atoms with Crippen LogP contribution in [0.1, 0.15) is 31.4 Å². The Hall–Kier alpha value is -2.10. The Morgan fingerprint density at radius 3 is 2.63 bits per heavy atom. The summed E-state index contributed by atoms with van der Waals surface area (Å²) in [6, 6.07) is 5.40. The molecule has 0 aliphatic carbocycles. The van der Waals surface area contributed by atoms with Crippen LogP contribution in [-0.4, -0.2) is 17.0 Å². The molecular weight excluding hydrogens is 242 g/mol. The lowest BCUT2D eigenvalue weighted by molar-refractivity contribution is -0.131. The Kier molecular flexibility index (Phi) is 5.30. The molecule has 4 nitrogen and oxygen atoms in total. The molecule has 0 bridgehead atoms. The van der Waals surface area contributed by atoms with Gasteiger partial charge in [-0.15, -0.1) is 0 Å². The second-order valence-corrected chi connectivity index (χ2v) is 4.54. The number of carboxylic acids is 1. The lowest BCUT2D eigenvalue weighted by Crippen LogP contribution is -2.19. The fraction of sp³-hybridized carbons (Fsp3) is 0.333. The van der Waals surface area contributed by atoms with Crippen LogP contribution in [0.2, 0.25) is 0 Å². The molecule has 0 heterocycles. The molecule has 1 rings (SSSR count). The molecule has 0 aliphatic rings. The summed E-state index contributed by atoms with van der Waals surface area (Å²) < 4.78 is 0. The van der Waals surface area contributed by atoms with Gasteiger partial charge in [-0.2, -0.15) is 0 Å². The number of carbonyl (C=O) groups is 2. The number of benzene rings is 1. The van der Waals surface area contributed by atoms with E-state index >= 15 is 0 Å². The van der Waals surface area contributed by atoms with Gasteiger partial charge in [0.05, 0.1) is 0 Å². The van der Waals surface area contributed by atoms with E-state index in [-0.39, 0.29) is 11.8 Å². The van der Waals surface area contributed by atoms with Crippen molar-refractivity contribution in [3.63, 3.8) is 0 Å². The van der Waals surface area contributed by atoms with Gasteiger partial charge in [0.25, 0.3) is 0 Å². The van der Waals surface area contributed by atoms with E-state index in [2.05, 4.69) is 5.32 Å². The van der Waals surface area contributed by atoms with Crippen LogP contribution in [0.15, 0.2) is 24.3 Å². The molecule has 0 aromatic heterocycles. The van der Waals surface area contributed by atoms with E-state index in [4.69, 9.17) is 5.11 Å². The lowest BCUT2D eigenvalue weighted by Gasteiger charge is -2.11. The first-order valence-electron chi connectivity index (χ1n) is 6.26. The van der Waals surface area contributed by atoms with Crippen LogP contribution in [0.5, 0.6) is 0 Å². The molecule has 1 unspecified atom stereocenters. The van der Waals surface area contributed by atoms with Gasteiger partial charge in [0.1, 0.15) is 0 Å². The Morgan fingerprint density at radius 2 is 2.11 bits per heavy atom. The van der Waals surface area contributed by atoms with Gasteiger partial charge in [0, 0.05) is 17.7 Å². The first-order valence-corrected chi connectivity index (χ1v) is 6.26. The molecule has 2 N–H and O–H groups in total. The van der Waals surface area contributed by atoms with Crippen molar-refractivity contribution in [1.82, 2.24) is 0 Å². The largest absolute Gasteiger partial charge is 0.478 e. The molecule has 0 saturated carbocycles. The Balaban J connectivity index is 2.82. The molecule has 1 aromatic rings. The summed E-state index contributed by atoms with van der Waals surface area (Å²) in [5.41, 5.74) is 2.47. The highest BCUT2D eigenvalue weighted by Crippen LogP contribution is 2.17. The quantitative estimate of drug-likeness (QED) is 0.800. The summed E-state index contributed by atoms with van der Waals surface area (Å²) in [5.74, 6) is -1.00. The van der Waals surface area contributed by atoms with Crippen molar-refractivity contribution in [1.29, 1.82) is 0 Å². The van der Waals surface area contributed by atoms with E-state index in [1.54, 1.807) is 12.1 Å². The van der Waals surface area contributed by atoms with Gasteiger partial charge in [-0.1, -0.05) is 19.9 Å². The van der Waals surface area contributed by atoms with Gasteiger partial charge in [0.2, 0.25) is 5.91 Å². The van der Waals surface area contributed by atoms with E-state index in [1.165, 1.54) is 6.08 Å². The van der Waals surface area contributed by atoms with Crippen LogP contribution in [0.4, 0.5) is 5.69 Å². The zero-order chi connectivity index (χ0) is 14.4. The summed E-state index contributed by atoms with van der Waals surface area (Å²) >= 11 is 0. The van der Waals surface area contributed by atoms with Crippen molar-refractivity contribution in [2.45, 2.75) is 27.2 Å². The number of aryl methyl sites for hydroxylation is 1. The van der Waals surface area contributed by atoms with E-state index in [0.717, 1.165) is 29.3 Å². The molecule has 1 aromatic carbocycles. The second-order valence-electron chi connectivity index (χ2n) is 4.54. The highest BCUT2D eigenvalue weighted by atomic mass is 16.4. The zero-order valence-electron chi connectivity index (χ0n) is 11.4. The molecule has 0 spiro atoms. The topological polar surface area (TPSA) is 66.4 Å². The van der Waals surface area contributed by atoms with E-state index in [1.807, 2.05) is 26.8 Å². The molecule has 19 heavy (non-hydrogen) atoms. The summed E-state index contributed by atoms with van der Waals surface area (Å²) in [7, 11) is 0. The normalized spacial score (nSPS) is 12.4. The third-order valence-electron chi connectivity index (χ3n) is 3.00. The Bertz CT molecular complexity index is 506. The Morgan fingerprint density at radius 1 is 1.42 bits per heavy atom. The molecule has 0 aliphatic heterocycles. The predicted molar refractivity (Wildman–Crippen MR) is 75.9 cm³/mol. The van der Waals surface area contributed by atoms with Gasteiger partial charge in [-0.25, -0.2) is 4.79 Å². The minimum Gasteiger partial charge on any atom is -0.478 e. The monoisotopic (exact) mass is 261 g/mol. The van der Waals surface area contributed by atoms with Gasteiger partial charge < -0.3 is 10.4 Å². The SMILES string of the molecule is CCC(C)C(=O)Nc1ccc(/C=C/C(=O)O)c(C)c1. The van der Waals surface area contributed by atoms with E-state index in [9.17, 15) is 9.59 Å². The number of carbonyl (C=O) groups excluding carboxylic acids is 1. The van der Waals surface area contributed by atoms with Crippen molar-refractivity contribution >= 4 is 23.6 Å². The van der Waals surface area contributed by atoms with Crippen molar-refractivity contribution in [3.8, 4) is 0 Å². The average Bonchev–Trinajstić information content (AvgIpc) is 2.36. The molecule has 4 heteroatoms. The smallest absolute Gasteiger partial charge is 0.328 e. The fourth-order valence-electron chi connectivity index (χ4n) is 1.55. The van der Waals surface area contributed by atoms with Crippen LogP contribution >= 0.6 is 0 Å². The molecule has 0 fully saturated rings. The predicted octanol–water partition coefficient (Wildman–Crippen LogP) is 3.08. The number of rotatable bonds is 5. The van der Waals surface area contributed by atoms with Crippen LogP contribution in [0.25, 0.3) is 6.08 Å². The number of anilines is 1. The van der Waals surface area contributed by atoms with Crippen LogP contribution in [0.3, 0.4) is 0 Å². The maximum absolute atomic E-state index is 11.8. The van der Waals surface area contributed by atoms with E-state index < -0.39 is 5.97 Å². The number of nitrogens with one attached hydrogen (secondary N) is 1. The third kappa shape index (κ3) is 4.58. The van der Waals surface area contributed by atoms with Crippen molar-refractivity contribution in [2.75, 3.05) is 5.32 Å². The summed E-state index contributed by atoms with van der Waals surface area (Å²) in [6.07, 6.45) is 3.43. The standard InChI is InChI=1S/C15H19NO3/c1-4-10(2)15(19)16-13-7-5-12(11(3)9-13)6-8-14(17)18/h5-10H,4H2,1-3H3,(H,16,19)(H,17,18)/b8-6+. The van der Waals surface area contributed by atoms with Gasteiger partial charge >= 0.3 is 5.97 Å². The van der Waals surface area contributed by atoms with Crippen molar-refractivity contribution in [3.05, 3.63) is 35.4 Å². The maximum atomic E-state index is 11.8. The number of aliphatic carboxylic acids is 1. The third-order valence-corrected chi connectivity index (χ3v) is 3.00. The molecule has 1 amide bonds. The highest BCUT2D eigenvalue weighted by Gasteiger charge is 2.10. The number of carboxylic acid groups (broad SMARTS) is 1. The highest BCUT2D eigenvalue weighted by molar-refractivity contribution is 5.92. The van der Waals surface area contributed by atoms with Crippen LogP contribution < -0.4 is 5.32 Å². The minimum atomic E-state index is -0.978. The number of hydrogen-bond donors (Lipinski definition) is 2. The summed E-state index contributed by atoms with van der Waals surface area (Å²) in [5, 5.41) is 11.4. The number of amides is 1. The molecule has 1 atom stereocenters. The van der Waals surface area contributed by atoms with Gasteiger partial charge in [0.15, 0.2) is 0 Å². The fourth-order valence-corrected chi connectivity index (χ4v) is 1.55. The molecule has 0 radical (unpaired) electrons. The zero-order valence-corrected chi connectivity index (χ0v) is 11.4. The lowest BCUT2D eigenvalue weighted by atomic mass is 10.1. The summed E-state index contributed by atoms with van der Waals surface area (Å²) in [4.78, 5) is 22.2. The first-order chi connectivity index (χ1) is 8.93. The molecule has 102 valence electrons. The minimum absolute atomic E-state index is 0.00396. The van der Waals surface area contributed by atoms with Crippen molar-refractivity contribution < 1.29 is 14.7 Å². The summed E-state index contributed by atoms with van der Waals surface area (Å²) in [6.45, 7) is 5.72. The number of hydrogen-bond acceptors (Lipinski definition) is 2. The van der Waals surface area contributed by atoms with E-state index in [0.29, 0.717) is 0 Å². The van der Waals surface area contributed by atoms with Gasteiger partial charge in [-0.3, -0.25) is 4.79 Å². The van der Waals surface area contributed by atoms with Gasteiger partial charge in [-0.05, 0) is 42.7 Å². The first kappa shape index (κ1) is 15.0. The van der Waals surface area contributed by atoms with Crippen molar-refractivity contribution in [2.24, 2.45) is 5.92 Å². The maximum Gasteiger partial charge on any atom is 0.328 e. The average molecular weight is 261 g/mol. The molecular formula is C15H19NO3. The Labute approximate surface area is 113 Å². The molecule has 0 saturated heterocycles. The van der Waals surface area contributed by atoms with Crippen LogP contribution in [-0.2, 0) is 9.59 Å². The van der Waals surface area contributed by atoms with Crippen LogP contribution in [0, 0.1) is 12.8 Å².